The molecular weight excluding hydrogens is 266 g/mol. The van der Waals surface area contributed by atoms with E-state index in [1.54, 1.807) is 0 Å². The second kappa shape index (κ2) is 7.14. The fourth-order valence-electron chi connectivity index (χ4n) is 2.82. The third-order valence-electron chi connectivity index (χ3n) is 4.65. The zero-order chi connectivity index (χ0) is 15.3. The molecule has 118 valence electrons. The van der Waals surface area contributed by atoms with E-state index in [0.717, 1.165) is 36.3 Å². The number of rotatable bonds is 7. The Morgan fingerprint density at radius 1 is 1.10 bits per heavy atom. The molecule has 1 aromatic rings. The summed E-state index contributed by atoms with van der Waals surface area (Å²) in [4.78, 5) is 0. The first kappa shape index (κ1) is 16.1. The minimum Gasteiger partial charge on any atom is -0.486 e. The van der Waals surface area contributed by atoms with Gasteiger partial charge in [-0.2, -0.15) is 0 Å². The van der Waals surface area contributed by atoms with E-state index in [-0.39, 0.29) is 5.54 Å². The molecule has 0 saturated carbocycles. The maximum absolute atomic E-state index is 10.4. The average Bonchev–Trinajstić information content (AvgIpc) is 2.56. The Morgan fingerprint density at radius 3 is 2.33 bits per heavy atom. The van der Waals surface area contributed by atoms with Crippen LogP contribution in [0.3, 0.4) is 0 Å². The molecule has 0 aliphatic carbocycles. The molecule has 0 aromatic heterocycles. The van der Waals surface area contributed by atoms with Gasteiger partial charge < -0.3 is 19.9 Å². The zero-order valence-electron chi connectivity index (χ0n) is 13.3. The Bertz CT molecular complexity index is 449. The van der Waals surface area contributed by atoms with E-state index in [4.69, 9.17) is 9.47 Å². The summed E-state index contributed by atoms with van der Waals surface area (Å²) >= 11 is 0. The van der Waals surface area contributed by atoms with Crippen LogP contribution in [-0.2, 0) is 0 Å². The van der Waals surface area contributed by atoms with Gasteiger partial charge in [-0.15, -0.1) is 0 Å². The summed E-state index contributed by atoms with van der Waals surface area (Å²) < 4.78 is 11.1. The van der Waals surface area contributed by atoms with Crippen molar-refractivity contribution in [2.45, 2.75) is 51.7 Å². The molecule has 0 bridgehead atoms. The highest BCUT2D eigenvalue weighted by Crippen LogP contribution is 2.32. The summed E-state index contributed by atoms with van der Waals surface area (Å²) in [6, 6.07) is 5.66. The molecule has 0 radical (unpaired) electrons. The van der Waals surface area contributed by atoms with Gasteiger partial charge >= 0.3 is 0 Å². The van der Waals surface area contributed by atoms with Gasteiger partial charge in [0.1, 0.15) is 13.2 Å². The fourth-order valence-corrected chi connectivity index (χ4v) is 2.82. The molecule has 2 N–H and O–H groups in total. The van der Waals surface area contributed by atoms with Crippen LogP contribution in [-0.4, -0.2) is 30.4 Å². The molecule has 21 heavy (non-hydrogen) atoms. The van der Waals surface area contributed by atoms with Crippen molar-refractivity contribution in [2.24, 2.45) is 0 Å². The van der Waals surface area contributed by atoms with E-state index in [2.05, 4.69) is 26.1 Å². The highest BCUT2D eigenvalue weighted by Gasteiger charge is 2.24. The highest BCUT2D eigenvalue weighted by molar-refractivity contribution is 5.44. The molecule has 0 spiro atoms. The lowest BCUT2D eigenvalue weighted by Gasteiger charge is -2.33. The van der Waals surface area contributed by atoms with E-state index in [1.807, 2.05) is 18.2 Å². The summed E-state index contributed by atoms with van der Waals surface area (Å²) in [7, 11) is 0. The molecule has 4 nitrogen and oxygen atoms in total. The molecule has 1 aliphatic rings. The largest absolute Gasteiger partial charge is 0.486 e. The van der Waals surface area contributed by atoms with E-state index < -0.39 is 6.10 Å². The predicted molar refractivity (Wildman–Crippen MR) is 84.0 cm³/mol. The average molecular weight is 293 g/mol. The highest BCUT2D eigenvalue weighted by atomic mass is 16.6. The zero-order valence-corrected chi connectivity index (χ0v) is 13.3. The van der Waals surface area contributed by atoms with Gasteiger partial charge in [0.2, 0.25) is 0 Å². The van der Waals surface area contributed by atoms with Gasteiger partial charge in [-0.1, -0.05) is 26.8 Å². The normalized spacial score (nSPS) is 15.8. The van der Waals surface area contributed by atoms with Crippen molar-refractivity contribution in [3.63, 3.8) is 0 Å². The van der Waals surface area contributed by atoms with Gasteiger partial charge in [0.15, 0.2) is 11.5 Å². The number of hydrogen-bond acceptors (Lipinski definition) is 4. The van der Waals surface area contributed by atoms with Crippen LogP contribution in [0.2, 0.25) is 0 Å². The van der Waals surface area contributed by atoms with Gasteiger partial charge in [-0.3, -0.25) is 0 Å². The number of benzene rings is 1. The molecule has 1 atom stereocenters. The van der Waals surface area contributed by atoms with Gasteiger partial charge in [0.05, 0.1) is 6.10 Å². The standard InChI is InChI=1S/C17H27NO3/c1-4-17(5-2,6-3)18-12-14(19)13-7-8-15-16(11-13)21-10-9-20-15/h7-8,11,14,18-19H,4-6,9-10,12H2,1-3H3. The summed E-state index contributed by atoms with van der Waals surface area (Å²) in [5, 5.41) is 14.0. The Balaban J connectivity index is 2.01. The number of ether oxygens (including phenoxy) is 2. The summed E-state index contributed by atoms with van der Waals surface area (Å²) in [6.45, 7) is 8.27. The molecule has 1 aliphatic heterocycles. The van der Waals surface area contributed by atoms with E-state index in [0.29, 0.717) is 19.8 Å². The van der Waals surface area contributed by atoms with Crippen LogP contribution in [0.25, 0.3) is 0 Å². The first-order valence-electron chi connectivity index (χ1n) is 7.96. The molecule has 0 saturated heterocycles. The molecule has 1 unspecified atom stereocenters. The number of fused-ring (bicyclic) bond motifs is 1. The van der Waals surface area contributed by atoms with Crippen LogP contribution in [0.15, 0.2) is 18.2 Å². The number of β-amino-alcohol motifs (C(OH)–C–C–N with tert-alkyl or cyclic N) is 1. The Morgan fingerprint density at radius 2 is 1.71 bits per heavy atom. The van der Waals surface area contributed by atoms with Crippen molar-refractivity contribution in [1.29, 1.82) is 0 Å². The first-order valence-corrected chi connectivity index (χ1v) is 7.96. The van der Waals surface area contributed by atoms with E-state index in [9.17, 15) is 5.11 Å². The molecule has 4 heteroatoms. The van der Waals surface area contributed by atoms with E-state index >= 15 is 0 Å². The lowest BCUT2D eigenvalue weighted by Crippen LogP contribution is -2.45. The predicted octanol–water partition coefficient (Wildman–Crippen LogP) is 3.05. The number of nitrogens with one attached hydrogen (secondary N) is 1. The summed E-state index contributed by atoms with van der Waals surface area (Å²) in [6.07, 6.45) is 2.65. The van der Waals surface area contributed by atoms with Crippen molar-refractivity contribution in [3.8, 4) is 11.5 Å². The minimum atomic E-state index is -0.537. The Kier molecular flexibility index (Phi) is 5.48. The van der Waals surface area contributed by atoms with Gasteiger partial charge in [0.25, 0.3) is 0 Å². The molecule has 0 amide bonds. The minimum absolute atomic E-state index is 0.120. The fraction of sp³-hybridized carbons (Fsp3) is 0.647. The van der Waals surface area contributed by atoms with Crippen molar-refractivity contribution in [2.75, 3.05) is 19.8 Å². The van der Waals surface area contributed by atoms with Crippen molar-refractivity contribution >= 4 is 0 Å². The second-order valence-corrected chi connectivity index (χ2v) is 5.64. The smallest absolute Gasteiger partial charge is 0.161 e. The summed E-state index contributed by atoms with van der Waals surface area (Å²) in [5.74, 6) is 1.49. The van der Waals surface area contributed by atoms with Crippen LogP contribution in [0, 0.1) is 0 Å². The Labute approximate surface area is 127 Å². The second-order valence-electron chi connectivity index (χ2n) is 5.64. The molecule has 0 fully saturated rings. The summed E-state index contributed by atoms with van der Waals surface area (Å²) in [5.41, 5.74) is 0.985. The number of hydrogen-bond donors (Lipinski definition) is 2. The van der Waals surface area contributed by atoms with Crippen LogP contribution in [0.1, 0.15) is 51.7 Å². The van der Waals surface area contributed by atoms with Crippen LogP contribution < -0.4 is 14.8 Å². The molecule has 2 rings (SSSR count). The van der Waals surface area contributed by atoms with Gasteiger partial charge in [0, 0.05) is 12.1 Å². The van der Waals surface area contributed by atoms with Crippen molar-refractivity contribution < 1.29 is 14.6 Å². The quantitative estimate of drug-likeness (QED) is 0.811. The number of aliphatic hydroxyl groups excluding tert-OH is 1. The molecule has 1 heterocycles. The van der Waals surface area contributed by atoms with Crippen LogP contribution >= 0.6 is 0 Å². The maximum Gasteiger partial charge on any atom is 0.161 e. The molecular formula is C17H27NO3. The third kappa shape index (κ3) is 3.69. The first-order chi connectivity index (χ1) is 10.1. The number of aliphatic hydroxyl groups is 1. The topological polar surface area (TPSA) is 50.7 Å². The third-order valence-corrected chi connectivity index (χ3v) is 4.65. The SMILES string of the molecule is CCC(CC)(CC)NCC(O)c1ccc2c(c1)OCCO2. The van der Waals surface area contributed by atoms with Crippen LogP contribution in [0.4, 0.5) is 0 Å². The van der Waals surface area contributed by atoms with Gasteiger partial charge in [-0.05, 0) is 37.0 Å². The lowest BCUT2D eigenvalue weighted by atomic mass is 9.89. The maximum atomic E-state index is 10.4. The molecule has 1 aromatic carbocycles. The van der Waals surface area contributed by atoms with Crippen molar-refractivity contribution in [1.82, 2.24) is 5.32 Å². The lowest BCUT2D eigenvalue weighted by molar-refractivity contribution is 0.147. The van der Waals surface area contributed by atoms with Crippen molar-refractivity contribution in [3.05, 3.63) is 23.8 Å². The van der Waals surface area contributed by atoms with Crippen LogP contribution in [0.5, 0.6) is 11.5 Å². The Hall–Kier alpha value is -1.26. The van der Waals surface area contributed by atoms with Gasteiger partial charge in [-0.25, -0.2) is 0 Å². The monoisotopic (exact) mass is 293 g/mol. The van der Waals surface area contributed by atoms with E-state index in [1.165, 1.54) is 0 Å².